The lowest BCUT2D eigenvalue weighted by Gasteiger charge is -2.25. The Balaban J connectivity index is 2.12. The van der Waals surface area contributed by atoms with Gasteiger partial charge in [0, 0.05) is 12.1 Å². The topological polar surface area (TPSA) is 35.2 Å². The predicted molar refractivity (Wildman–Crippen MR) is 80.0 cm³/mol. The van der Waals surface area contributed by atoms with Crippen molar-refractivity contribution in [3.63, 3.8) is 0 Å². The van der Waals surface area contributed by atoms with Crippen LogP contribution < -0.4 is 5.73 Å². The van der Waals surface area contributed by atoms with E-state index < -0.39 is 0 Å². The van der Waals surface area contributed by atoms with Gasteiger partial charge in [-0.1, -0.05) is 6.07 Å². The Hall–Kier alpha value is -1.28. The maximum atomic E-state index is 6.22. The molecule has 1 aliphatic carbocycles. The number of ether oxygens (including phenoxy) is 1. The van der Waals surface area contributed by atoms with E-state index in [2.05, 4.69) is 39.8 Å². The standard InChI is InChI=1S/C17H23NO/c1-16(2)10-15(17(3,4)19-16)14-7-5-11-9-12(18)6-8-13(11)14/h6,8-9H,5,7,10,18H2,1-4H3/b15-14+. The van der Waals surface area contributed by atoms with Crippen LogP contribution in [0.25, 0.3) is 5.57 Å². The van der Waals surface area contributed by atoms with E-state index in [1.807, 2.05) is 6.07 Å². The van der Waals surface area contributed by atoms with E-state index in [9.17, 15) is 0 Å². The smallest absolute Gasteiger partial charge is 0.0849 e. The second-order valence-corrected chi connectivity index (χ2v) is 6.92. The summed E-state index contributed by atoms with van der Waals surface area (Å²) in [4.78, 5) is 0. The molecule has 102 valence electrons. The number of hydrogen-bond donors (Lipinski definition) is 1. The molecule has 19 heavy (non-hydrogen) atoms. The van der Waals surface area contributed by atoms with Crippen LogP contribution in [0, 0.1) is 0 Å². The number of benzene rings is 1. The number of rotatable bonds is 0. The van der Waals surface area contributed by atoms with E-state index >= 15 is 0 Å². The van der Waals surface area contributed by atoms with E-state index in [-0.39, 0.29) is 11.2 Å². The molecule has 2 N–H and O–H groups in total. The summed E-state index contributed by atoms with van der Waals surface area (Å²) in [5, 5.41) is 0. The first-order valence-corrected chi connectivity index (χ1v) is 7.10. The molecule has 1 heterocycles. The summed E-state index contributed by atoms with van der Waals surface area (Å²) >= 11 is 0. The molecule has 2 nitrogen and oxygen atoms in total. The molecular weight excluding hydrogens is 234 g/mol. The Morgan fingerprint density at radius 1 is 1.11 bits per heavy atom. The predicted octanol–water partition coefficient (Wildman–Crippen LogP) is 3.95. The molecule has 0 radical (unpaired) electrons. The van der Waals surface area contributed by atoms with Crippen molar-refractivity contribution in [2.24, 2.45) is 0 Å². The Labute approximate surface area is 115 Å². The minimum atomic E-state index is -0.151. The van der Waals surface area contributed by atoms with Gasteiger partial charge in [0.2, 0.25) is 0 Å². The summed E-state index contributed by atoms with van der Waals surface area (Å²) in [6.45, 7) is 8.75. The second-order valence-electron chi connectivity index (χ2n) is 6.92. The molecule has 0 atom stereocenters. The van der Waals surface area contributed by atoms with E-state index in [4.69, 9.17) is 10.5 Å². The fourth-order valence-electron chi connectivity index (χ4n) is 3.72. The molecule has 0 aromatic heterocycles. The lowest BCUT2D eigenvalue weighted by Crippen LogP contribution is -2.26. The van der Waals surface area contributed by atoms with Crippen LogP contribution in [0.3, 0.4) is 0 Å². The number of allylic oxidation sites excluding steroid dienone is 1. The number of fused-ring (bicyclic) bond motifs is 1. The van der Waals surface area contributed by atoms with Crippen LogP contribution in [0.2, 0.25) is 0 Å². The highest BCUT2D eigenvalue weighted by Gasteiger charge is 2.43. The van der Waals surface area contributed by atoms with E-state index in [0.717, 1.165) is 24.9 Å². The quantitative estimate of drug-likeness (QED) is 0.714. The molecule has 2 aliphatic rings. The van der Waals surface area contributed by atoms with Gasteiger partial charge in [0.1, 0.15) is 0 Å². The van der Waals surface area contributed by atoms with E-state index in [1.165, 1.54) is 22.3 Å². The Bertz CT molecular complexity index is 567. The number of aryl methyl sites for hydroxylation is 1. The molecule has 1 aliphatic heterocycles. The highest BCUT2D eigenvalue weighted by molar-refractivity contribution is 5.78. The Kier molecular flexibility index (Phi) is 2.59. The molecule has 1 fully saturated rings. The molecule has 0 spiro atoms. The molecule has 0 unspecified atom stereocenters. The number of hydrogen-bond acceptors (Lipinski definition) is 2. The van der Waals surface area contributed by atoms with Gasteiger partial charge in [-0.15, -0.1) is 0 Å². The summed E-state index contributed by atoms with van der Waals surface area (Å²) in [6.07, 6.45) is 3.26. The van der Waals surface area contributed by atoms with Crippen molar-refractivity contribution >= 4 is 11.3 Å². The SMILES string of the molecule is CC1(C)C/C(=C2/CCc3cc(N)ccc32)C(C)(C)O1. The monoisotopic (exact) mass is 257 g/mol. The third kappa shape index (κ3) is 2.08. The third-order valence-electron chi connectivity index (χ3n) is 4.32. The first-order valence-electron chi connectivity index (χ1n) is 7.10. The van der Waals surface area contributed by atoms with Gasteiger partial charge in [-0.2, -0.15) is 0 Å². The minimum absolute atomic E-state index is 0.0532. The van der Waals surface area contributed by atoms with Crippen molar-refractivity contribution < 1.29 is 4.74 Å². The average Bonchev–Trinajstić information content (AvgIpc) is 2.75. The fraction of sp³-hybridized carbons (Fsp3) is 0.529. The van der Waals surface area contributed by atoms with Gasteiger partial charge in [0.05, 0.1) is 11.2 Å². The molecule has 1 aromatic carbocycles. The van der Waals surface area contributed by atoms with E-state index in [1.54, 1.807) is 0 Å². The van der Waals surface area contributed by atoms with Gasteiger partial charge in [-0.3, -0.25) is 0 Å². The number of nitrogens with two attached hydrogens (primary N) is 1. The third-order valence-corrected chi connectivity index (χ3v) is 4.32. The van der Waals surface area contributed by atoms with Gasteiger partial charge in [-0.05, 0) is 74.9 Å². The summed E-state index contributed by atoms with van der Waals surface area (Å²) < 4.78 is 6.22. The molecule has 1 saturated heterocycles. The van der Waals surface area contributed by atoms with Crippen LogP contribution in [0.4, 0.5) is 5.69 Å². The zero-order valence-corrected chi connectivity index (χ0v) is 12.3. The van der Waals surface area contributed by atoms with Gasteiger partial charge in [0.15, 0.2) is 0 Å². The summed E-state index contributed by atoms with van der Waals surface area (Å²) in [5.41, 5.74) is 12.3. The summed E-state index contributed by atoms with van der Waals surface area (Å²) in [7, 11) is 0. The molecule has 3 rings (SSSR count). The van der Waals surface area contributed by atoms with Crippen molar-refractivity contribution in [3.05, 3.63) is 34.9 Å². The fourth-order valence-corrected chi connectivity index (χ4v) is 3.72. The largest absolute Gasteiger partial charge is 0.399 e. The zero-order valence-electron chi connectivity index (χ0n) is 12.3. The highest BCUT2D eigenvalue weighted by atomic mass is 16.5. The van der Waals surface area contributed by atoms with Crippen molar-refractivity contribution in [2.75, 3.05) is 5.73 Å². The Morgan fingerprint density at radius 3 is 2.47 bits per heavy atom. The van der Waals surface area contributed by atoms with Gasteiger partial charge < -0.3 is 10.5 Å². The van der Waals surface area contributed by atoms with Crippen LogP contribution >= 0.6 is 0 Å². The minimum Gasteiger partial charge on any atom is -0.399 e. The molecule has 0 saturated carbocycles. The first-order chi connectivity index (χ1) is 8.78. The van der Waals surface area contributed by atoms with Crippen molar-refractivity contribution in [1.82, 2.24) is 0 Å². The summed E-state index contributed by atoms with van der Waals surface area (Å²) in [6, 6.07) is 6.32. The van der Waals surface area contributed by atoms with Crippen LogP contribution in [0.15, 0.2) is 23.8 Å². The maximum absolute atomic E-state index is 6.22. The van der Waals surface area contributed by atoms with Crippen molar-refractivity contribution in [3.8, 4) is 0 Å². The highest BCUT2D eigenvalue weighted by Crippen LogP contribution is 2.48. The van der Waals surface area contributed by atoms with Crippen LogP contribution in [0.1, 0.15) is 51.7 Å². The van der Waals surface area contributed by atoms with Crippen molar-refractivity contribution in [1.29, 1.82) is 0 Å². The van der Waals surface area contributed by atoms with Crippen molar-refractivity contribution in [2.45, 2.75) is 58.2 Å². The van der Waals surface area contributed by atoms with Crippen LogP contribution in [-0.2, 0) is 11.2 Å². The Morgan fingerprint density at radius 2 is 1.84 bits per heavy atom. The number of nitrogen functional groups attached to an aromatic ring is 1. The maximum Gasteiger partial charge on any atom is 0.0849 e. The zero-order chi connectivity index (χ0) is 13.8. The molecule has 0 amide bonds. The lowest BCUT2D eigenvalue weighted by molar-refractivity contribution is -0.0566. The van der Waals surface area contributed by atoms with Gasteiger partial charge in [-0.25, -0.2) is 0 Å². The van der Waals surface area contributed by atoms with Crippen LogP contribution in [0.5, 0.6) is 0 Å². The second kappa shape index (κ2) is 3.86. The number of anilines is 1. The normalized spacial score (nSPS) is 27.6. The molecule has 2 heteroatoms. The van der Waals surface area contributed by atoms with Gasteiger partial charge in [0.25, 0.3) is 0 Å². The van der Waals surface area contributed by atoms with E-state index in [0.29, 0.717) is 0 Å². The first kappa shape index (κ1) is 12.7. The average molecular weight is 257 g/mol. The molecular formula is C17H23NO. The molecule has 0 bridgehead atoms. The van der Waals surface area contributed by atoms with Gasteiger partial charge >= 0.3 is 0 Å². The molecule has 1 aromatic rings. The lowest BCUT2D eigenvalue weighted by atomic mass is 9.87. The van der Waals surface area contributed by atoms with Crippen LogP contribution in [-0.4, -0.2) is 11.2 Å². The summed E-state index contributed by atoms with van der Waals surface area (Å²) in [5.74, 6) is 0.